The zero-order valence-corrected chi connectivity index (χ0v) is 12.5. The molecule has 114 valence electrons. The summed E-state index contributed by atoms with van der Waals surface area (Å²) in [5.41, 5.74) is 0.679. The van der Waals surface area contributed by atoms with Gasteiger partial charge in [0, 0.05) is 19.3 Å². The Morgan fingerprint density at radius 2 is 2.43 bits per heavy atom. The summed E-state index contributed by atoms with van der Waals surface area (Å²) in [6.07, 6.45) is 6.23. The van der Waals surface area contributed by atoms with Crippen LogP contribution in [0.2, 0.25) is 0 Å². The van der Waals surface area contributed by atoms with Gasteiger partial charge in [0.25, 0.3) is 5.91 Å². The maximum atomic E-state index is 12.9. The molecule has 2 fully saturated rings. The third-order valence-electron chi connectivity index (χ3n) is 4.32. The van der Waals surface area contributed by atoms with E-state index in [9.17, 15) is 4.79 Å². The van der Waals surface area contributed by atoms with E-state index in [2.05, 4.69) is 17.2 Å². The summed E-state index contributed by atoms with van der Waals surface area (Å²) < 4.78 is 5.79. The zero-order valence-electron chi connectivity index (χ0n) is 12.5. The van der Waals surface area contributed by atoms with Crippen LogP contribution in [0.3, 0.4) is 0 Å². The van der Waals surface area contributed by atoms with E-state index in [0.29, 0.717) is 24.5 Å². The van der Waals surface area contributed by atoms with Crippen LogP contribution in [0.25, 0.3) is 0 Å². The van der Waals surface area contributed by atoms with Crippen LogP contribution in [0.15, 0.2) is 18.3 Å². The van der Waals surface area contributed by atoms with Gasteiger partial charge in [-0.1, -0.05) is 6.92 Å². The minimum Gasteiger partial charge on any atom is -0.374 e. The van der Waals surface area contributed by atoms with Crippen molar-refractivity contribution in [3.8, 4) is 0 Å². The normalized spacial score (nSPS) is 24.7. The molecule has 0 aromatic carbocycles. The molecule has 0 bridgehead atoms. The van der Waals surface area contributed by atoms with Crippen molar-refractivity contribution in [3.05, 3.63) is 23.9 Å². The van der Waals surface area contributed by atoms with Crippen molar-refractivity contribution in [2.75, 3.05) is 25.0 Å². The van der Waals surface area contributed by atoms with E-state index >= 15 is 0 Å². The second-order valence-electron chi connectivity index (χ2n) is 5.73. The highest BCUT2D eigenvalue weighted by atomic mass is 16.5. The number of amides is 1. The first-order valence-corrected chi connectivity index (χ1v) is 7.92. The summed E-state index contributed by atoms with van der Waals surface area (Å²) in [7, 11) is 0. The Labute approximate surface area is 125 Å². The zero-order chi connectivity index (χ0) is 14.7. The van der Waals surface area contributed by atoms with E-state index in [1.807, 2.05) is 17.0 Å². The standard InChI is InChI=1S/C16H23N3O2/c1-2-8-17-15-12(5-4-9-18-15)16(20)19-10-11-21-14-7-3-6-13(14)19/h4-5,9,13-14H,2-3,6-8,10-11H2,1H3,(H,17,18). The van der Waals surface area contributed by atoms with E-state index in [0.717, 1.165) is 32.2 Å². The molecule has 1 amide bonds. The Morgan fingerprint density at radius 3 is 3.29 bits per heavy atom. The lowest BCUT2D eigenvalue weighted by molar-refractivity contribution is -0.0445. The molecule has 1 saturated carbocycles. The highest BCUT2D eigenvalue weighted by Gasteiger charge is 2.39. The molecule has 1 aromatic heterocycles. The summed E-state index contributed by atoms with van der Waals surface area (Å²) in [6.45, 7) is 4.25. The van der Waals surface area contributed by atoms with Crippen molar-refractivity contribution < 1.29 is 9.53 Å². The summed E-state index contributed by atoms with van der Waals surface area (Å²) in [5.74, 6) is 0.785. The average molecular weight is 289 g/mol. The molecular formula is C16H23N3O2. The molecule has 0 radical (unpaired) electrons. The van der Waals surface area contributed by atoms with Gasteiger partial charge in [-0.05, 0) is 37.8 Å². The van der Waals surface area contributed by atoms with Crippen molar-refractivity contribution in [1.29, 1.82) is 0 Å². The number of morpholine rings is 1. The van der Waals surface area contributed by atoms with Crippen molar-refractivity contribution in [2.45, 2.75) is 44.8 Å². The number of anilines is 1. The van der Waals surface area contributed by atoms with E-state index in [1.54, 1.807) is 6.20 Å². The molecule has 21 heavy (non-hydrogen) atoms. The molecule has 1 aromatic rings. The van der Waals surface area contributed by atoms with Crippen LogP contribution in [0.4, 0.5) is 5.82 Å². The van der Waals surface area contributed by atoms with Crippen LogP contribution in [0.1, 0.15) is 43.0 Å². The topological polar surface area (TPSA) is 54.5 Å². The Bertz CT molecular complexity index is 506. The Morgan fingerprint density at radius 1 is 1.52 bits per heavy atom. The number of nitrogens with one attached hydrogen (secondary N) is 1. The molecule has 2 aliphatic rings. The van der Waals surface area contributed by atoms with Crippen molar-refractivity contribution in [2.24, 2.45) is 0 Å². The summed E-state index contributed by atoms with van der Waals surface area (Å²) in [6, 6.07) is 3.94. The molecule has 0 spiro atoms. The second-order valence-corrected chi connectivity index (χ2v) is 5.73. The molecule has 2 unspecified atom stereocenters. The molecule has 2 heterocycles. The molecule has 5 nitrogen and oxygen atoms in total. The third-order valence-corrected chi connectivity index (χ3v) is 4.32. The summed E-state index contributed by atoms with van der Waals surface area (Å²) in [5, 5.41) is 3.25. The predicted octanol–water partition coefficient (Wildman–Crippen LogP) is 2.30. The number of aromatic nitrogens is 1. The van der Waals surface area contributed by atoms with E-state index in [4.69, 9.17) is 4.74 Å². The molecule has 1 aliphatic carbocycles. The van der Waals surface area contributed by atoms with Crippen LogP contribution in [0, 0.1) is 0 Å². The third kappa shape index (κ3) is 2.88. The minimum atomic E-state index is 0.0851. The van der Waals surface area contributed by atoms with E-state index in [-0.39, 0.29) is 18.1 Å². The molecule has 2 atom stereocenters. The van der Waals surface area contributed by atoms with Crippen molar-refractivity contribution in [1.82, 2.24) is 9.88 Å². The Hall–Kier alpha value is -1.62. The van der Waals surface area contributed by atoms with Crippen molar-refractivity contribution in [3.63, 3.8) is 0 Å². The number of hydrogen-bond acceptors (Lipinski definition) is 4. The monoisotopic (exact) mass is 289 g/mol. The van der Waals surface area contributed by atoms with Gasteiger partial charge in [0.1, 0.15) is 5.82 Å². The van der Waals surface area contributed by atoms with Crippen LogP contribution in [0.5, 0.6) is 0 Å². The second kappa shape index (κ2) is 6.43. The largest absolute Gasteiger partial charge is 0.374 e. The Balaban J connectivity index is 1.81. The summed E-state index contributed by atoms with van der Waals surface area (Å²) in [4.78, 5) is 19.2. The first-order chi connectivity index (χ1) is 10.3. The van der Waals surface area contributed by atoms with Gasteiger partial charge in [-0.15, -0.1) is 0 Å². The summed E-state index contributed by atoms with van der Waals surface area (Å²) >= 11 is 0. The number of hydrogen-bond donors (Lipinski definition) is 1. The minimum absolute atomic E-state index is 0.0851. The van der Waals surface area contributed by atoms with Crippen LogP contribution in [-0.4, -0.2) is 47.6 Å². The van der Waals surface area contributed by atoms with Crippen molar-refractivity contribution >= 4 is 11.7 Å². The molecule has 1 saturated heterocycles. The number of rotatable bonds is 4. The van der Waals surface area contributed by atoms with Crippen LogP contribution < -0.4 is 5.32 Å². The molecular weight excluding hydrogens is 266 g/mol. The molecule has 1 N–H and O–H groups in total. The van der Waals surface area contributed by atoms with Crippen LogP contribution in [-0.2, 0) is 4.74 Å². The van der Waals surface area contributed by atoms with Gasteiger partial charge in [0.2, 0.25) is 0 Å². The van der Waals surface area contributed by atoms with Gasteiger partial charge >= 0.3 is 0 Å². The number of carbonyl (C=O) groups excluding carboxylic acids is 1. The fourth-order valence-corrected chi connectivity index (χ4v) is 3.29. The fraction of sp³-hybridized carbons (Fsp3) is 0.625. The van der Waals surface area contributed by atoms with Gasteiger partial charge < -0.3 is 15.0 Å². The molecule has 3 rings (SSSR count). The highest BCUT2D eigenvalue weighted by Crippen LogP contribution is 2.31. The maximum Gasteiger partial charge on any atom is 0.258 e. The fourth-order valence-electron chi connectivity index (χ4n) is 3.29. The number of carbonyl (C=O) groups is 1. The maximum absolute atomic E-state index is 12.9. The van der Waals surface area contributed by atoms with Gasteiger partial charge in [-0.2, -0.15) is 0 Å². The van der Waals surface area contributed by atoms with Gasteiger partial charge in [0.15, 0.2) is 0 Å². The quantitative estimate of drug-likeness (QED) is 0.924. The highest BCUT2D eigenvalue weighted by molar-refractivity contribution is 5.99. The van der Waals surface area contributed by atoms with E-state index < -0.39 is 0 Å². The lowest BCUT2D eigenvalue weighted by Gasteiger charge is -2.37. The van der Waals surface area contributed by atoms with Gasteiger partial charge in [-0.3, -0.25) is 4.79 Å². The van der Waals surface area contributed by atoms with Gasteiger partial charge in [0.05, 0.1) is 24.3 Å². The Kier molecular flexibility index (Phi) is 4.39. The smallest absolute Gasteiger partial charge is 0.258 e. The van der Waals surface area contributed by atoms with Crippen LogP contribution >= 0.6 is 0 Å². The number of pyridine rings is 1. The lowest BCUT2D eigenvalue weighted by Crippen LogP contribution is -2.51. The predicted molar refractivity (Wildman–Crippen MR) is 81.4 cm³/mol. The van der Waals surface area contributed by atoms with E-state index in [1.165, 1.54) is 0 Å². The number of fused-ring (bicyclic) bond motifs is 1. The van der Waals surface area contributed by atoms with Gasteiger partial charge in [-0.25, -0.2) is 4.98 Å². The average Bonchev–Trinajstić information content (AvgIpc) is 3.01. The first kappa shape index (κ1) is 14.3. The number of ether oxygens (including phenoxy) is 1. The lowest BCUT2D eigenvalue weighted by atomic mass is 10.1. The number of nitrogens with zero attached hydrogens (tertiary/aromatic N) is 2. The SMILES string of the molecule is CCCNc1ncccc1C(=O)N1CCOC2CCCC21. The molecule has 1 aliphatic heterocycles. The first-order valence-electron chi connectivity index (χ1n) is 7.92. The molecule has 5 heteroatoms.